The number of rotatable bonds is 2. The molecule has 2 nitrogen and oxygen atoms in total. The molecule has 0 radical (unpaired) electrons. The molecule has 0 saturated heterocycles. The summed E-state index contributed by atoms with van der Waals surface area (Å²) in [7, 11) is 0. The minimum Gasteiger partial charge on any atom is -0.395 e. The summed E-state index contributed by atoms with van der Waals surface area (Å²) in [6.45, 7) is 6.64. The third-order valence-corrected chi connectivity index (χ3v) is 3.94. The quantitative estimate of drug-likeness (QED) is 0.699. The zero-order chi connectivity index (χ0) is 15.5. The molecule has 114 valence electrons. The van der Waals surface area contributed by atoms with Gasteiger partial charge in [-0.3, -0.25) is 0 Å². The van der Waals surface area contributed by atoms with Crippen molar-refractivity contribution >= 4 is 11.3 Å². The van der Waals surface area contributed by atoms with Crippen molar-refractivity contribution in [2.75, 3.05) is 0 Å². The summed E-state index contributed by atoms with van der Waals surface area (Å²) in [6.07, 6.45) is -2.24. The second kappa shape index (κ2) is 6.43. The van der Waals surface area contributed by atoms with Crippen LogP contribution in [0.25, 0.3) is 10.4 Å². The van der Waals surface area contributed by atoms with Gasteiger partial charge in [-0.25, -0.2) is 0 Å². The monoisotopic (exact) mass is 312 g/mol. The summed E-state index contributed by atoms with van der Waals surface area (Å²) < 4.78 is 34.2. The van der Waals surface area contributed by atoms with Gasteiger partial charge < -0.3 is 9.47 Å². The molecular weight excluding hydrogens is 294 g/mol. The molecule has 5 heteroatoms. The van der Waals surface area contributed by atoms with Crippen LogP contribution in [0.1, 0.15) is 27.2 Å². The molecule has 0 N–H and O–H groups in total. The molecule has 0 spiro atoms. The highest BCUT2D eigenvalue weighted by Gasteiger charge is 2.43. The van der Waals surface area contributed by atoms with Gasteiger partial charge in [0.1, 0.15) is 0 Å². The Kier molecular flexibility index (Phi) is 4.83. The Balaban J connectivity index is 0.000000282. The van der Waals surface area contributed by atoms with E-state index in [-0.39, 0.29) is 11.5 Å². The maximum absolute atomic E-state index is 12.8. The Morgan fingerprint density at radius 1 is 1.14 bits per heavy atom. The first kappa shape index (κ1) is 15.8. The Morgan fingerprint density at radius 2 is 1.81 bits per heavy atom. The summed E-state index contributed by atoms with van der Waals surface area (Å²) >= 11 is 1.54. The van der Waals surface area contributed by atoms with E-state index < -0.39 is 6.29 Å². The van der Waals surface area contributed by atoms with Crippen molar-refractivity contribution < 1.29 is 18.3 Å². The topological polar surface area (TPSA) is 18.5 Å². The number of benzene rings is 1. The summed E-state index contributed by atoms with van der Waals surface area (Å²) in [6, 6.07) is 8.60. The number of thiophene rings is 1. The van der Waals surface area contributed by atoms with Gasteiger partial charge in [0.2, 0.25) is 0 Å². The molecule has 1 aromatic carbocycles. The minimum atomic E-state index is -3.55. The molecule has 1 aromatic heterocycles. The molecular formula is C16H18F2O2S. The summed E-state index contributed by atoms with van der Waals surface area (Å²) in [5.74, 6) is 1.04. The molecule has 1 aliphatic heterocycles. The summed E-state index contributed by atoms with van der Waals surface area (Å²) in [5.41, 5.74) is 0.843. The van der Waals surface area contributed by atoms with E-state index in [4.69, 9.17) is 0 Å². The van der Waals surface area contributed by atoms with Crippen molar-refractivity contribution in [2.24, 2.45) is 5.92 Å². The zero-order valence-corrected chi connectivity index (χ0v) is 13.0. The third kappa shape index (κ3) is 4.17. The maximum Gasteiger partial charge on any atom is 0.586 e. The third-order valence-electron chi connectivity index (χ3n) is 3.02. The molecule has 2 heterocycles. The van der Waals surface area contributed by atoms with E-state index in [1.54, 1.807) is 12.1 Å². The van der Waals surface area contributed by atoms with Crippen molar-refractivity contribution in [2.45, 2.75) is 33.5 Å². The number of alkyl halides is 2. The second-order valence-corrected chi connectivity index (χ2v) is 6.06. The van der Waals surface area contributed by atoms with Gasteiger partial charge in [0.05, 0.1) is 0 Å². The normalized spacial score (nSPS) is 14.8. The lowest BCUT2D eigenvalue weighted by Crippen LogP contribution is -2.25. The second-order valence-electron chi connectivity index (χ2n) is 5.11. The zero-order valence-electron chi connectivity index (χ0n) is 12.2. The fraction of sp³-hybridized carbons (Fsp3) is 0.375. The summed E-state index contributed by atoms with van der Waals surface area (Å²) in [4.78, 5) is 1.00. The van der Waals surface area contributed by atoms with Crippen LogP contribution in [-0.4, -0.2) is 6.29 Å². The first-order valence-electron chi connectivity index (χ1n) is 6.85. The van der Waals surface area contributed by atoms with E-state index in [0.717, 1.165) is 16.4 Å². The lowest BCUT2D eigenvalue weighted by atomic mass is 10.2. The number of hydrogen-bond donors (Lipinski definition) is 0. The van der Waals surface area contributed by atoms with Gasteiger partial charge in [0.15, 0.2) is 11.5 Å². The van der Waals surface area contributed by atoms with Gasteiger partial charge in [0, 0.05) is 4.88 Å². The van der Waals surface area contributed by atoms with Crippen LogP contribution >= 0.6 is 11.3 Å². The largest absolute Gasteiger partial charge is 0.586 e. The highest BCUT2D eigenvalue weighted by molar-refractivity contribution is 7.13. The Morgan fingerprint density at radius 3 is 2.38 bits per heavy atom. The lowest BCUT2D eigenvalue weighted by molar-refractivity contribution is -0.286. The fourth-order valence-corrected chi connectivity index (χ4v) is 2.27. The molecule has 2 aromatic rings. The lowest BCUT2D eigenvalue weighted by Gasteiger charge is -2.04. The van der Waals surface area contributed by atoms with Crippen molar-refractivity contribution in [3.05, 3.63) is 35.7 Å². The van der Waals surface area contributed by atoms with Crippen LogP contribution in [0.4, 0.5) is 8.78 Å². The average Bonchev–Trinajstić information content (AvgIpc) is 3.03. The maximum atomic E-state index is 12.8. The van der Waals surface area contributed by atoms with Gasteiger partial charge >= 0.3 is 6.29 Å². The number of fused-ring (bicyclic) bond motifs is 1. The van der Waals surface area contributed by atoms with Crippen LogP contribution in [0.2, 0.25) is 0 Å². The molecule has 0 bridgehead atoms. The molecule has 0 fully saturated rings. The van der Waals surface area contributed by atoms with Crippen molar-refractivity contribution in [1.29, 1.82) is 0 Å². The highest BCUT2D eigenvalue weighted by atomic mass is 32.1. The van der Waals surface area contributed by atoms with Crippen LogP contribution < -0.4 is 9.47 Å². The fourth-order valence-electron chi connectivity index (χ4n) is 1.55. The van der Waals surface area contributed by atoms with E-state index in [2.05, 4.69) is 30.2 Å². The standard InChI is InChI=1S/C11H6F2O2S.C5H12/c12-11(13)14-8-4-3-7(6-9(8)15-11)10-2-1-5-16-10;1-4-5(2)3/h1-6H;5H,4H2,1-3H3. The highest BCUT2D eigenvalue weighted by Crippen LogP contribution is 2.43. The SMILES string of the molecule is CCC(C)C.FC1(F)Oc2ccc(-c3cccs3)cc2O1. The minimum absolute atomic E-state index is 0.0744. The van der Waals surface area contributed by atoms with Crippen LogP contribution in [0.5, 0.6) is 11.5 Å². The molecule has 0 amide bonds. The molecule has 21 heavy (non-hydrogen) atoms. The van der Waals surface area contributed by atoms with Crippen LogP contribution in [0.15, 0.2) is 35.7 Å². The predicted octanol–water partition coefficient (Wildman–Crippen LogP) is 5.79. The van der Waals surface area contributed by atoms with E-state index in [1.807, 2.05) is 17.5 Å². The number of halogens is 2. The Hall–Kier alpha value is -1.62. The number of ether oxygens (including phenoxy) is 2. The summed E-state index contributed by atoms with van der Waals surface area (Å²) in [5, 5.41) is 1.93. The van der Waals surface area contributed by atoms with Crippen molar-refractivity contribution in [3.8, 4) is 21.9 Å². The smallest absolute Gasteiger partial charge is 0.395 e. The van der Waals surface area contributed by atoms with Gasteiger partial charge in [-0.1, -0.05) is 33.3 Å². The molecule has 0 aliphatic carbocycles. The van der Waals surface area contributed by atoms with Crippen LogP contribution in [-0.2, 0) is 0 Å². The molecule has 3 rings (SSSR count). The van der Waals surface area contributed by atoms with E-state index in [9.17, 15) is 8.78 Å². The van der Waals surface area contributed by atoms with Crippen LogP contribution in [0.3, 0.4) is 0 Å². The molecule has 1 aliphatic rings. The van der Waals surface area contributed by atoms with E-state index in [0.29, 0.717) is 0 Å². The van der Waals surface area contributed by atoms with E-state index in [1.165, 1.54) is 23.8 Å². The van der Waals surface area contributed by atoms with Crippen molar-refractivity contribution in [1.82, 2.24) is 0 Å². The molecule has 0 atom stereocenters. The van der Waals surface area contributed by atoms with Gasteiger partial charge in [-0.2, -0.15) is 0 Å². The first-order valence-corrected chi connectivity index (χ1v) is 7.73. The Bertz CT molecular complexity index is 580. The predicted molar refractivity (Wildman–Crippen MR) is 81.1 cm³/mol. The van der Waals surface area contributed by atoms with Crippen molar-refractivity contribution in [3.63, 3.8) is 0 Å². The number of hydrogen-bond acceptors (Lipinski definition) is 3. The molecule has 0 saturated carbocycles. The average molecular weight is 312 g/mol. The van der Waals surface area contributed by atoms with Crippen LogP contribution in [0, 0.1) is 5.92 Å². The Labute approximate surface area is 127 Å². The van der Waals surface area contributed by atoms with E-state index >= 15 is 0 Å². The first-order chi connectivity index (χ1) is 9.91. The molecule has 0 unspecified atom stereocenters. The van der Waals surface area contributed by atoms with Gasteiger partial charge in [0.25, 0.3) is 0 Å². The van der Waals surface area contributed by atoms with Gasteiger partial charge in [-0.15, -0.1) is 20.1 Å². The van der Waals surface area contributed by atoms with Gasteiger partial charge in [-0.05, 0) is 41.1 Å².